The minimum absolute atomic E-state index is 0. The number of hydrogen-bond acceptors (Lipinski definition) is 6. The molecule has 4 atom stereocenters. The molecule has 0 aliphatic carbocycles. The summed E-state index contributed by atoms with van der Waals surface area (Å²) in [6.07, 6.45) is 2.51. The second kappa shape index (κ2) is 12.3. The summed E-state index contributed by atoms with van der Waals surface area (Å²) in [7, 11) is 2.29. The van der Waals surface area contributed by atoms with Gasteiger partial charge in [0.05, 0.1) is 13.7 Å². The second-order valence-corrected chi connectivity index (χ2v) is 11.8. The molecular weight excluding hydrogens is 598 g/mol. The van der Waals surface area contributed by atoms with Crippen molar-refractivity contribution < 1.29 is 50.4 Å². The Morgan fingerprint density at radius 1 is 0.881 bits per heavy atom. The highest BCUT2D eigenvalue weighted by Gasteiger charge is 2.72. The molecule has 7 nitrogen and oxygen atoms in total. The first kappa shape index (κ1) is 30.4. The van der Waals surface area contributed by atoms with E-state index in [2.05, 4.69) is 31.3 Å². The standard InChI is InChI=1S/C34H38NO6.BrH/c1-3-39-30(36)19-18-23-14-16-24(17-15-23)22-35(2)28-20-27(21-29(35)32-31(28)41-32)40-33(37)34(38,25-10-6-4-7-11-25)26-12-8-5-9-13-26;/h4-17,27-29,31-32,38H,3,18-22H2,1-2H3;1H/q+1;/p-1. The molecule has 3 saturated heterocycles. The molecule has 6 rings (SSSR count). The number of hydrogen-bond donors (Lipinski definition) is 1. The van der Waals surface area contributed by atoms with Crippen molar-refractivity contribution in [2.75, 3.05) is 13.7 Å². The number of fused-ring (bicyclic) bond motifs is 5. The molecule has 0 saturated carbocycles. The number of nitrogens with zero attached hydrogens (tertiary/aromatic N) is 1. The van der Waals surface area contributed by atoms with Crippen LogP contribution in [0.25, 0.3) is 0 Å². The Hall–Kier alpha value is -3.04. The third kappa shape index (κ3) is 5.65. The summed E-state index contributed by atoms with van der Waals surface area (Å²) < 4.78 is 18.1. The molecule has 3 aliphatic rings. The fourth-order valence-electron chi connectivity index (χ4n) is 7.07. The highest BCUT2D eigenvalue weighted by Crippen LogP contribution is 2.53. The van der Waals surface area contributed by atoms with Crippen LogP contribution in [0.15, 0.2) is 84.9 Å². The number of halogens is 1. The molecule has 1 N–H and O–H groups in total. The molecule has 0 spiro atoms. The zero-order valence-electron chi connectivity index (χ0n) is 24.0. The van der Waals surface area contributed by atoms with Gasteiger partial charge in [-0.3, -0.25) is 4.79 Å². The SMILES string of the molecule is CCOC(=O)CCc1ccc(C[N+]2(C)C3CC(OC(=O)C(O)(c4ccccc4)c4ccccc4)CC2C2OC23)cc1.[Br-]. The number of aryl methyl sites for hydroxylation is 1. The maximum atomic E-state index is 13.7. The Balaban J connectivity index is 0.00000353. The van der Waals surface area contributed by atoms with E-state index in [0.717, 1.165) is 16.6 Å². The minimum atomic E-state index is -1.88. The smallest absolute Gasteiger partial charge is 0.347 e. The molecule has 3 fully saturated rings. The predicted octanol–water partition coefficient (Wildman–Crippen LogP) is 1.29. The highest BCUT2D eigenvalue weighted by molar-refractivity contribution is 5.85. The Morgan fingerprint density at radius 3 is 1.93 bits per heavy atom. The average Bonchev–Trinajstić information content (AvgIpc) is 3.76. The van der Waals surface area contributed by atoms with Crippen LogP contribution in [0, 0.1) is 0 Å². The summed E-state index contributed by atoms with van der Waals surface area (Å²) in [5.41, 5.74) is 1.46. The van der Waals surface area contributed by atoms with Crippen molar-refractivity contribution in [1.82, 2.24) is 0 Å². The number of carbonyl (C=O) groups is 2. The molecule has 3 aliphatic heterocycles. The Morgan fingerprint density at radius 2 is 1.40 bits per heavy atom. The van der Waals surface area contributed by atoms with E-state index < -0.39 is 11.6 Å². The van der Waals surface area contributed by atoms with Crippen LogP contribution in [-0.4, -0.2) is 65.6 Å². The molecule has 222 valence electrons. The van der Waals surface area contributed by atoms with Gasteiger partial charge in [0.2, 0.25) is 5.60 Å². The van der Waals surface area contributed by atoms with Crippen molar-refractivity contribution in [3.8, 4) is 0 Å². The van der Waals surface area contributed by atoms with Crippen molar-refractivity contribution in [2.24, 2.45) is 0 Å². The third-order valence-corrected chi connectivity index (χ3v) is 9.27. The van der Waals surface area contributed by atoms with Crippen LogP contribution in [0.2, 0.25) is 0 Å². The number of quaternary nitrogens is 1. The summed E-state index contributed by atoms with van der Waals surface area (Å²) >= 11 is 0. The molecule has 0 aromatic heterocycles. The first-order chi connectivity index (χ1) is 19.8. The van der Waals surface area contributed by atoms with E-state index in [9.17, 15) is 14.7 Å². The zero-order chi connectivity index (χ0) is 28.6. The van der Waals surface area contributed by atoms with Gasteiger partial charge in [0.1, 0.15) is 36.9 Å². The van der Waals surface area contributed by atoms with Crippen molar-refractivity contribution >= 4 is 11.9 Å². The van der Waals surface area contributed by atoms with Crippen LogP contribution in [0.4, 0.5) is 0 Å². The number of aliphatic hydroxyl groups is 1. The number of epoxide rings is 1. The van der Waals surface area contributed by atoms with Gasteiger partial charge in [-0.1, -0.05) is 84.9 Å². The molecule has 3 aromatic carbocycles. The van der Waals surface area contributed by atoms with Gasteiger partial charge in [-0.25, -0.2) is 4.79 Å². The van der Waals surface area contributed by atoms with Gasteiger partial charge < -0.3 is 40.8 Å². The molecule has 3 heterocycles. The molecule has 0 radical (unpaired) electrons. The maximum Gasteiger partial charge on any atom is 0.347 e. The van der Waals surface area contributed by atoms with Crippen LogP contribution < -0.4 is 17.0 Å². The van der Waals surface area contributed by atoms with Crippen LogP contribution in [0.5, 0.6) is 0 Å². The zero-order valence-corrected chi connectivity index (χ0v) is 25.6. The molecule has 4 unspecified atom stereocenters. The number of rotatable bonds is 10. The largest absolute Gasteiger partial charge is 1.00 e. The van der Waals surface area contributed by atoms with Crippen molar-refractivity contribution in [2.45, 2.75) is 75.1 Å². The van der Waals surface area contributed by atoms with Gasteiger partial charge in [0.15, 0.2) is 0 Å². The lowest BCUT2D eigenvalue weighted by Gasteiger charge is -2.48. The number of piperidine rings is 1. The van der Waals surface area contributed by atoms with E-state index >= 15 is 0 Å². The van der Waals surface area contributed by atoms with Gasteiger partial charge in [-0.05, 0) is 30.0 Å². The first-order valence-corrected chi connectivity index (χ1v) is 14.6. The van der Waals surface area contributed by atoms with Gasteiger partial charge in [0.25, 0.3) is 0 Å². The maximum absolute atomic E-state index is 13.7. The van der Waals surface area contributed by atoms with Crippen LogP contribution >= 0.6 is 0 Å². The van der Waals surface area contributed by atoms with E-state index in [1.165, 1.54) is 5.56 Å². The lowest BCUT2D eigenvalue weighted by molar-refractivity contribution is -0.968. The van der Waals surface area contributed by atoms with Crippen molar-refractivity contribution in [3.63, 3.8) is 0 Å². The van der Waals surface area contributed by atoms with Gasteiger partial charge in [-0.2, -0.15) is 0 Å². The molecule has 8 heteroatoms. The molecule has 3 aromatic rings. The number of ether oxygens (including phenoxy) is 3. The quantitative estimate of drug-likeness (QED) is 0.205. The Bertz CT molecular complexity index is 1320. The van der Waals surface area contributed by atoms with E-state index in [1.807, 2.05) is 43.3 Å². The average molecular weight is 637 g/mol. The van der Waals surface area contributed by atoms with Crippen LogP contribution in [-0.2, 0) is 42.4 Å². The van der Waals surface area contributed by atoms with Gasteiger partial charge in [0, 0.05) is 24.8 Å². The van der Waals surface area contributed by atoms with Gasteiger partial charge >= 0.3 is 11.9 Å². The summed E-state index contributed by atoms with van der Waals surface area (Å²) in [6.45, 7) is 3.09. The lowest BCUT2D eigenvalue weighted by atomic mass is 9.86. The van der Waals surface area contributed by atoms with Crippen LogP contribution in [0.3, 0.4) is 0 Å². The molecular formula is C34H38BrNO6. The number of likely N-dealkylation sites (N-methyl/N-ethyl adjacent to an activating group) is 1. The predicted molar refractivity (Wildman–Crippen MR) is 153 cm³/mol. The number of benzene rings is 3. The fourth-order valence-corrected chi connectivity index (χ4v) is 7.07. The number of carbonyl (C=O) groups excluding carboxylic acids is 2. The minimum Gasteiger partial charge on any atom is -1.00 e. The first-order valence-electron chi connectivity index (χ1n) is 14.6. The third-order valence-electron chi connectivity index (χ3n) is 9.27. The highest BCUT2D eigenvalue weighted by atomic mass is 79.9. The summed E-state index contributed by atoms with van der Waals surface area (Å²) in [5.74, 6) is -0.802. The fraction of sp³-hybridized carbons (Fsp3) is 0.412. The summed E-state index contributed by atoms with van der Waals surface area (Å²) in [6, 6.07) is 27.0. The van der Waals surface area contributed by atoms with Gasteiger partial charge in [-0.15, -0.1) is 0 Å². The Labute approximate surface area is 257 Å². The normalized spacial score (nSPS) is 27.4. The molecule has 42 heavy (non-hydrogen) atoms. The summed E-state index contributed by atoms with van der Waals surface area (Å²) in [5, 5.41) is 11.8. The van der Waals surface area contributed by atoms with Crippen molar-refractivity contribution in [1.29, 1.82) is 0 Å². The number of esters is 2. The Kier molecular flexibility index (Phi) is 8.90. The molecule has 2 bridgehead atoms. The number of morpholine rings is 1. The topological polar surface area (TPSA) is 85.4 Å². The monoisotopic (exact) mass is 635 g/mol. The molecule has 0 amide bonds. The van der Waals surface area contributed by atoms with Crippen LogP contribution in [0.1, 0.15) is 48.4 Å². The van der Waals surface area contributed by atoms with Crippen molar-refractivity contribution in [3.05, 3.63) is 107 Å². The second-order valence-electron chi connectivity index (χ2n) is 11.8. The van der Waals surface area contributed by atoms with E-state index in [1.54, 1.807) is 24.3 Å². The summed E-state index contributed by atoms with van der Waals surface area (Å²) in [4.78, 5) is 25.5. The van der Waals surface area contributed by atoms with E-state index in [0.29, 0.717) is 43.4 Å². The lowest BCUT2D eigenvalue weighted by Crippen LogP contribution is -3.00. The van der Waals surface area contributed by atoms with E-state index in [-0.39, 0.29) is 53.3 Å². The van der Waals surface area contributed by atoms with E-state index in [4.69, 9.17) is 14.2 Å².